The Morgan fingerprint density at radius 3 is 2.72 bits per heavy atom. The molecule has 1 rings (SSSR count). The Kier molecular flexibility index (Phi) is 4.88. The van der Waals surface area contributed by atoms with Gasteiger partial charge in [-0.1, -0.05) is 0 Å². The average molecular weight is 252 g/mol. The van der Waals surface area contributed by atoms with E-state index < -0.39 is 11.7 Å². The standard InChI is InChI=1S/C12H20N4O2/c1-9-13-6-5-10(16-9)14-7-8-15-11(17)18-12(2,3)4/h5-6H,7-8H2,1-4H3,(H,15,17)(H,13,14,16). The molecule has 1 heterocycles. The molecule has 0 spiro atoms. The van der Waals surface area contributed by atoms with Gasteiger partial charge in [0.15, 0.2) is 0 Å². The van der Waals surface area contributed by atoms with Crippen LogP contribution in [0.25, 0.3) is 0 Å². The maximum atomic E-state index is 11.3. The molecule has 1 aromatic heterocycles. The van der Waals surface area contributed by atoms with E-state index in [9.17, 15) is 4.79 Å². The number of anilines is 1. The van der Waals surface area contributed by atoms with Crippen LogP contribution < -0.4 is 10.6 Å². The van der Waals surface area contributed by atoms with E-state index in [4.69, 9.17) is 4.74 Å². The number of alkyl carbamates (subject to hydrolysis) is 1. The second-order valence-corrected chi connectivity index (χ2v) is 4.84. The lowest BCUT2D eigenvalue weighted by Crippen LogP contribution is -2.35. The monoisotopic (exact) mass is 252 g/mol. The number of hydrogen-bond donors (Lipinski definition) is 2. The molecule has 18 heavy (non-hydrogen) atoms. The fraction of sp³-hybridized carbons (Fsp3) is 0.583. The maximum Gasteiger partial charge on any atom is 0.407 e. The lowest BCUT2D eigenvalue weighted by atomic mass is 10.2. The van der Waals surface area contributed by atoms with Crippen LogP contribution in [0.3, 0.4) is 0 Å². The van der Waals surface area contributed by atoms with Gasteiger partial charge >= 0.3 is 6.09 Å². The highest BCUT2D eigenvalue weighted by Crippen LogP contribution is 2.06. The van der Waals surface area contributed by atoms with E-state index in [-0.39, 0.29) is 0 Å². The first-order valence-electron chi connectivity index (χ1n) is 5.87. The van der Waals surface area contributed by atoms with Gasteiger partial charge in [-0.2, -0.15) is 0 Å². The van der Waals surface area contributed by atoms with E-state index in [0.717, 1.165) is 5.82 Å². The van der Waals surface area contributed by atoms with Gasteiger partial charge in [0, 0.05) is 19.3 Å². The van der Waals surface area contributed by atoms with E-state index in [2.05, 4.69) is 20.6 Å². The SMILES string of the molecule is Cc1nccc(NCCNC(=O)OC(C)(C)C)n1. The van der Waals surface area contributed by atoms with E-state index in [0.29, 0.717) is 18.9 Å². The van der Waals surface area contributed by atoms with Gasteiger partial charge in [-0.15, -0.1) is 0 Å². The normalized spacial score (nSPS) is 10.9. The number of nitrogens with zero attached hydrogens (tertiary/aromatic N) is 2. The molecule has 0 unspecified atom stereocenters. The Morgan fingerprint density at radius 1 is 1.39 bits per heavy atom. The maximum absolute atomic E-state index is 11.3. The highest BCUT2D eigenvalue weighted by molar-refractivity contribution is 5.67. The number of aromatic nitrogens is 2. The molecule has 0 radical (unpaired) electrons. The molecule has 1 aromatic rings. The Labute approximate surface area is 107 Å². The van der Waals surface area contributed by atoms with Crippen molar-refractivity contribution in [3.63, 3.8) is 0 Å². The third kappa shape index (κ3) is 6.03. The molecular formula is C12H20N4O2. The molecule has 0 saturated carbocycles. The smallest absolute Gasteiger partial charge is 0.407 e. The zero-order chi connectivity index (χ0) is 13.6. The van der Waals surface area contributed by atoms with Crippen molar-refractivity contribution in [3.05, 3.63) is 18.1 Å². The van der Waals surface area contributed by atoms with Crippen molar-refractivity contribution >= 4 is 11.9 Å². The van der Waals surface area contributed by atoms with Gasteiger partial charge in [0.1, 0.15) is 17.2 Å². The summed E-state index contributed by atoms with van der Waals surface area (Å²) in [7, 11) is 0. The molecule has 0 atom stereocenters. The number of nitrogens with one attached hydrogen (secondary N) is 2. The second-order valence-electron chi connectivity index (χ2n) is 4.84. The minimum Gasteiger partial charge on any atom is -0.444 e. The zero-order valence-electron chi connectivity index (χ0n) is 11.3. The van der Waals surface area contributed by atoms with Crippen LogP contribution >= 0.6 is 0 Å². The first-order chi connectivity index (χ1) is 8.37. The lowest BCUT2D eigenvalue weighted by molar-refractivity contribution is 0.0530. The lowest BCUT2D eigenvalue weighted by Gasteiger charge is -2.19. The summed E-state index contributed by atoms with van der Waals surface area (Å²) in [6.45, 7) is 8.36. The van der Waals surface area contributed by atoms with Crippen molar-refractivity contribution < 1.29 is 9.53 Å². The quantitative estimate of drug-likeness (QED) is 0.798. The van der Waals surface area contributed by atoms with E-state index >= 15 is 0 Å². The number of carbonyl (C=O) groups is 1. The predicted molar refractivity (Wildman–Crippen MR) is 69.5 cm³/mol. The molecule has 0 aliphatic heterocycles. The van der Waals surface area contributed by atoms with Gasteiger partial charge in [0.25, 0.3) is 0 Å². The molecular weight excluding hydrogens is 232 g/mol. The predicted octanol–water partition coefficient (Wildman–Crippen LogP) is 1.72. The summed E-state index contributed by atoms with van der Waals surface area (Å²) in [5, 5.41) is 5.74. The van der Waals surface area contributed by atoms with E-state index in [1.54, 1.807) is 12.3 Å². The van der Waals surface area contributed by atoms with Gasteiger partial charge < -0.3 is 15.4 Å². The van der Waals surface area contributed by atoms with Crippen molar-refractivity contribution in [2.24, 2.45) is 0 Å². The number of carbonyl (C=O) groups excluding carboxylic acids is 1. The minimum absolute atomic E-state index is 0.414. The summed E-state index contributed by atoms with van der Waals surface area (Å²) >= 11 is 0. The summed E-state index contributed by atoms with van der Waals surface area (Å²) in [5.41, 5.74) is -0.471. The number of ether oxygens (including phenoxy) is 1. The van der Waals surface area contributed by atoms with Crippen LogP contribution in [0.4, 0.5) is 10.6 Å². The van der Waals surface area contributed by atoms with E-state index in [1.165, 1.54) is 0 Å². The van der Waals surface area contributed by atoms with Gasteiger partial charge in [-0.05, 0) is 33.8 Å². The Bertz CT molecular complexity index is 401. The summed E-state index contributed by atoms with van der Waals surface area (Å²) in [5.74, 6) is 1.45. The second kappa shape index (κ2) is 6.18. The number of hydrogen-bond acceptors (Lipinski definition) is 5. The molecule has 6 nitrogen and oxygen atoms in total. The van der Waals surface area contributed by atoms with Gasteiger partial charge in [0.05, 0.1) is 0 Å². The van der Waals surface area contributed by atoms with Crippen LogP contribution in [0.15, 0.2) is 12.3 Å². The Morgan fingerprint density at radius 2 is 2.11 bits per heavy atom. The molecule has 0 aliphatic rings. The zero-order valence-corrected chi connectivity index (χ0v) is 11.3. The van der Waals surface area contributed by atoms with Crippen LogP contribution in [0, 0.1) is 6.92 Å². The molecule has 0 bridgehead atoms. The Hall–Kier alpha value is -1.85. The number of rotatable bonds is 4. The van der Waals surface area contributed by atoms with Gasteiger partial charge in [-0.3, -0.25) is 0 Å². The number of amides is 1. The van der Waals surface area contributed by atoms with Crippen LogP contribution in [0.5, 0.6) is 0 Å². The molecule has 100 valence electrons. The largest absolute Gasteiger partial charge is 0.444 e. The van der Waals surface area contributed by atoms with Crippen molar-refractivity contribution in [1.29, 1.82) is 0 Å². The first kappa shape index (κ1) is 14.2. The molecule has 0 aliphatic carbocycles. The molecule has 0 fully saturated rings. The third-order valence-corrected chi connectivity index (χ3v) is 1.88. The summed E-state index contributed by atoms with van der Waals surface area (Å²) in [6.07, 6.45) is 1.27. The summed E-state index contributed by atoms with van der Waals surface area (Å²) < 4.78 is 5.11. The fourth-order valence-electron chi connectivity index (χ4n) is 1.22. The van der Waals surface area contributed by atoms with Crippen molar-refractivity contribution in [2.75, 3.05) is 18.4 Å². The summed E-state index contributed by atoms with van der Waals surface area (Å²) in [4.78, 5) is 19.5. The van der Waals surface area contributed by atoms with Crippen LogP contribution in [-0.4, -0.2) is 34.8 Å². The van der Waals surface area contributed by atoms with Gasteiger partial charge in [0.2, 0.25) is 0 Å². The highest BCUT2D eigenvalue weighted by atomic mass is 16.6. The van der Waals surface area contributed by atoms with Crippen LogP contribution in [0.2, 0.25) is 0 Å². The highest BCUT2D eigenvalue weighted by Gasteiger charge is 2.15. The minimum atomic E-state index is -0.471. The fourth-order valence-corrected chi connectivity index (χ4v) is 1.22. The van der Waals surface area contributed by atoms with E-state index in [1.807, 2.05) is 27.7 Å². The molecule has 1 amide bonds. The van der Waals surface area contributed by atoms with Gasteiger partial charge in [-0.25, -0.2) is 14.8 Å². The third-order valence-electron chi connectivity index (χ3n) is 1.88. The molecule has 0 saturated heterocycles. The topological polar surface area (TPSA) is 76.1 Å². The van der Waals surface area contributed by atoms with Crippen molar-refractivity contribution in [2.45, 2.75) is 33.3 Å². The van der Waals surface area contributed by atoms with Crippen molar-refractivity contribution in [3.8, 4) is 0 Å². The molecule has 2 N–H and O–H groups in total. The Balaban J connectivity index is 2.21. The van der Waals surface area contributed by atoms with Crippen molar-refractivity contribution in [1.82, 2.24) is 15.3 Å². The number of aryl methyl sites for hydroxylation is 1. The molecule has 0 aromatic carbocycles. The average Bonchev–Trinajstić information content (AvgIpc) is 2.22. The van der Waals surface area contributed by atoms with Crippen LogP contribution in [-0.2, 0) is 4.74 Å². The molecule has 6 heteroatoms. The summed E-state index contributed by atoms with van der Waals surface area (Å²) in [6, 6.07) is 1.78. The first-order valence-corrected chi connectivity index (χ1v) is 5.87. The van der Waals surface area contributed by atoms with Crippen LogP contribution in [0.1, 0.15) is 26.6 Å².